The molecule has 1 unspecified atom stereocenters. The molecule has 1 atom stereocenters. The standard InChI is InChI=1S/C16H30N4OS.HI/c1-4-14-12-20(9-10-22-14)16(17-11-15(21)19(2)3)18-13-7-5-6-8-13;/h13-14H,4-12H2,1-3H3,(H,17,18);1H. The molecule has 1 saturated carbocycles. The fourth-order valence-electron chi connectivity index (χ4n) is 2.93. The van der Waals surface area contributed by atoms with Crippen molar-refractivity contribution in [1.82, 2.24) is 15.1 Å². The molecule has 2 fully saturated rings. The summed E-state index contributed by atoms with van der Waals surface area (Å²) in [6, 6.07) is 0.530. The van der Waals surface area contributed by atoms with Crippen LogP contribution in [0.4, 0.5) is 0 Å². The number of hydrogen-bond donors (Lipinski definition) is 1. The third-order valence-electron chi connectivity index (χ3n) is 4.44. The summed E-state index contributed by atoms with van der Waals surface area (Å²) in [4.78, 5) is 20.4. The van der Waals surface area contributed by atoms with Gasteiger partial charge in [0, 0.05) is 44.2 Å². The number of guanidine groups is 1. The molecule has 0 radical (unpaired) electrons. The number of likely N-dealkylation sites (N-methyl/N-ethyl adjacent to an activating group) is 1. The van der Waals surface area contributed by atoms with Crippen molar-refractivity contribution in [2.75, 3.05) is 39.5 Å². The number of thioether (sulfide) groups is 1. The summed E-state index contributed by atoms with van der Waals surface area (Å²) in [5.41, 5.74) is 0. The maximum absolute atomic E-state index is 11.9. The van der Waals surface area contributed by atoms with Gasteiger partial charge in [-0.05, 0) is 19.3 Å². The van der Waals surface area contributed by atoms with Crippen LogP contribution in [-0.4, -0.2) is 72.4 Å². The van der Waals surface area contributed by atoms with Crippen molar-refractivity contribution >= 4 is 47.6 Å². The van der Waals surface area contributed by atoms with Gasteiger partial charge in [0.05, 0.1) is 0 Å². The van der Waals surface area contributed by atoms with Gasteiger partial charge in [0.25, 0.3) is 0 Å². The first-order valence-corrected chi connectivity index (χ1v) is 9.52. The predicted octanol–water partition coefficient (Wildman–Crippen LogP) is 2.41. The molecule has 0 spiro atoms. The van der Waals surface area contributed by atoms with Gasteiger partial charge in [-0.3, -0.25) is 4.79 Å². The van der Waals surface area contributed by atoms with E-state index in [9.17, 15) is 4.79 Å². The lowest BCUT2D eigenvalue weighted by Crippen LogP contribution is -2.50. The predicted molar refractivity (Wildman–Crippen MR) is 110 cm³/mol. The molecule has 2 aliphatic rings. The van der Waals surface area contributed by atoms with Crippen LogP contribution in [-0.2, 0) is 4.79 Å². The Kier molecular flexibility index (Phi) is 9.65. The Balaban J connectivity index is 0.00000264. The summed E-state index contributed by atoms with van der Waals surface area (Å²) in [5, 5.41) is 4.30. The van der Waals surface area contributed by atoms with Gasteiger partial charge in [-0.25, -0.2) is 4.99 Å². The average Bonchev–Trinajstić information content (AvgIpc) is 3.04. The van der Waals surface area contributed by atoms with Gasteiger partial charge in [0.2, 0.25) is 5.91 Å². The minimum atomic E-state index is 0. The van der Waals surface area contributed by atoms with E-state index in [4.69, 9.17) is 0 Å². The third-order valence-corrected chi connectivity index (χ3v) is 5.82. The highest BCUT2D eigenvalue weighted by Gasteiger charge is 2.24. The lowest BCUT2D eigenvalue weighted by Gasteiger charge is -2.35. The Morgan fingerprint density at radius 1 is 1.35 bits per heavy atom. The highest BCUT2D eigenvalue weighted by atomic mass is 127. The number of carbonyl (C=O) groups is 1. The maximum atomic E-state index is 11.9. The molecule has 0 aromatic carbocycles. The first kappa shape index (κ1) is 20.9. The van der Waals surface area contributed by atoms with E-state index in [1.165, 1.54) is 32.1 Å². The Morgan fingerprint density at radius 3 is 2.65 bits per heavy atom. The lowest BCUT2D eigenvalue weighted by atomic mass is 10.2. The van der Waals surface area contributed by atoms with Gasteiger partial charge < -0.3 is 15.1 Å². The summed E-state index contributed by atoms with van der Waals surface area (Å²) < 4.78 is 0. The van der Waals surface area contributed by atoms with Gasteiger partial charge in [-0.15, -0.1) is 24.0 Å². The molecule has 1 heterocycles. The SMILES string of the molecule is CCC1CN(C(=NCC(=O)N(C)C)NC2CCCC2)CCS1.I. The topological polar surface area (TPSA) is 47.9 Å². The van der Waals surface area contributed by atoms with Gasteiger partial charge in [-0.2, -0.15) is 11.8 Å². The van der Waals surface area contributed by atoms with Crippen LogP contribution in [0.1, 0.15) is 39.0 Å². The normalized spacial score (nSPS) is 22.7. The quantitative estimate of drug-likeness (QED) is 0.403. The van der Waals surface area contributed by atoms with Crippen LogP contribution in [0.15, 0.2) is 4.99 Å². The van der Waals surface area contributed by atoms with Crippen molar-refractivity contribution < 1.29 is 4.79 Å². The number of nitrogens with one attached hydrogen (secondary N) is 1. The highest BCUT2D eigenvalue weighted by Crippen LogP contribution is 2.22. The molecular formula is C16H31IN4OS. The van der Waals surface area contributed by atoms with Crippen molar-refractivity contribution in [1.29, 1.82) is 0 Å². The first-order valence-electron chi connectivity index (χ1n) is 8.47. The van der Waals surface area contributed by atoms with Crippen LogP contribution < -0.4 is 5.32 Å². The molecule has 134 valence electrons. The number of amides is 1. The second-order valence-electron chi connectivity index (χ2n) is 6.40. The Labute approximate surface area is 162 Å². The molecule has 1 aliphatic heterocycles. The number of hydrogen-bond acceptors (Lipinski definition) is 3. The van der Waals surface area contributed by atoms with Crippen molar-refractivity contribution in [3.63, 3.8) is 0 Å². The number of carbonyl (C=O) groups excluding carboxylic acids is 1. The van der Waals surface area contributed by atoms with E-state index in [0.717, 1.165) is 24.8 Å². The lowest BCUT2D eigenvalue weighted by molar-refractivity contribution is -0.127. The summed E-state index contributed by atoms with van der Waals surface area (Å²) >= 11 is 2.06. The number of rotatable bonds is 4. The smallest absolute Gasteiger partial charge is 0.243 e. The van der Waals surface area contributed by atoms with E-state index >= 15 is 0 Å². The summed E-state index contributed by atoms with van der Waals surface area (Å²) in [7, 11) is 3.57. The van der Waals surface area contributed by atoms with E-state index in [1.54, 1.807) is 19.0 Å². The summed E-state index contributed by atoms with van der Waals surface area (Å²) in [6.45, 7) is 4.55. The number of aliphatic imine (C=N–C) groups is 1. The van der Waals surface area contributed by atoms with E-state index in [0.29, 0.717) is 11.3 Å². The van der Waals surface area contributed by atoms with E-state index in [1.807, 2.05) is 0 Å². The Hall–Kier alpha value is -0.180. The minimum Gasteiger partial charge on any atom is -0.353 e. The maximum Gasteiger partial charge on any atom is 0.243 e. The summed E-state index contributed by atoms with van der Waals surface area (Å²) in [6.07, 6.45) is 6.24. The van der Waals surface area contributed by atoms with Crippen molar-refractivity contribution in [3.8, 4) is 0 Å². The molecular weight excluding hydrogens is 423 g/mol. The molecule has 1 N–H and O–H groups in total. The third kappa shape index (κ3) is 6.68. The van der Waals surface area contributed by atoms with E-state index in [2.05, 4.69) is 33.9 Å². The Morgan fingerprint density at radius 2 is 2.04 bits per heavy atom. The van der Waals surface area contributed by atoms with Crippen LogP contribution in [0.3, 0.4) is 0 Å². The van der Waals surface area contributed by atoms with E-state index < -0.39 is 0 Å². The average molecular weight is 454 g/mol. The molecule has 5 nitrogen and oxygen atoms in total. The van der Waals surface area contributed by atoms with Gasteiger partial charge in [-0.1, -0.05) is 19.8 Å². The van der Waals surface area contributed by atoms with Crippen LogP contribution in [0.2, 0.25) is 0 Å². The van der Waals surface area contributed by atoms with Gasteiger partial charge in [0.1, 0.15) is 6.54 Å². The second kappa shape index (κ2) is 10.6. The van der Waals surface area contributed by atoms with Crippen molar-refractivity contribution in [3.05, 3.63) is 0 Å². The highest BCUT2D eigenvalue weighted by molar-refractivity contribution is 14.0. The van der Waals surface area contributed by atoms with Crippen molar-refractivity contribution in [2.45, 2.75) is 50.3 Å². The van der Waals surface area contributed by atoms with E-state index in [-0.39, 0.29) is 36.4 Å². The fourth-order valence-corrected chi connectivity index (χ4v) is 4.11. The minimum absolute atomic E-state index is 0. The molecule has 7 heteroatoms. The van der Waals surface area contributed by atoms with Gasteiger partial charge in [0.15, 0.2) is 5.96 Å². The molecule has 2 rings (SSSR count). The fraction of sp³-hybridized carbons (Fsp3) is 0.875. The largest absolute Gasteiger partial charge is 0.353 e. The number of halogens is 1. The first-order chi connectivity index (χ1) is 10.6. The molecule has 0 aromatic rings. The summed E-state index contributed by atoms with van der Waals surface area (Å²) in [5.74, 6) is 2.15. The van der Waals surface area contributed by atoms with Crippen molar-refractivity contribution in [2.24, 2.45) is 4.99 Å². The second-order valence-corrected chi connectivity index (χ2v) is 7.81. The monoisotopic (exact) mass is 454 g/mol. The zero-order chi connectivity index (χ0) is 15.9. The van der Waals surface area contributed by atoms with Crippen LogP contribution in [0.5, 0.6) is 0 Å². The van der Waals surface area contributed by atoms with Crippen LogP contribution >= 0.6 is 35.7 Å². The Bertz CT molecular complexity index is 400. The van der Waals surface area contributed by atoms with Crippen LogP contribution in [0.25, 0.3) is 0 Å². The molecule has 1 aliphatic carbocycles. The molecule has 23 heavy (non-hydrogen) atoms. The zero-order valence-electron chi connectivity index (χ0n) is 14.6. The number of nitrogens with zero attached hydrogens (tertiary/aromatic N) is 3. The molecule has 1 amide bonds. The molecule has 1 saturated heterocycles. The molecule has 0 bridgehead atoms. The molecule has 0 aromatic heterocycles. The van der Waals surface area contributed by atoms with Gasteiger partial charge >= 0.3 is 0 Å². The zero-order valence-corrected chi connectivity index (χ0v) is 17.7. The van der Waals surface area contributed by atoms with Crippen LogP contribution in [0, 0.1) is 0 Å².